The van der Waals surface area contributed by atoms with Gasteiger partial charge in [-0.2, -0.15) is 0 Å². The molecular formula is C12H17BrN2O2S. The zero-order chi connectivity index (χ0) is 13.3. The Kier molecular flexibility index (Phi) is 3.99. The smallest absolute Gasteiger partial charge is 0.240 e. The molecule has 1 atom stereocenters. The molecule has 2 rings (SSSR count). The van der Waals surface area contributed by atoms with Gasteiger partial charge in [0, 0.05) is 16.2 Å². The van der Waals surface area contributed by atoms with Crippen molar-refractivity contribution in [1.82, 2.24) is 4.72 Å². The Morgan fingerprint density at radius 1 is 1.50 bits per heavy atom. The molecule has 4 nitrogen and oxygen atoms in total. The van der Waals surface area contributed by atoms with Gasteiger partial charge in [-0.1, -0.05) is 12.8 Å². The highest BCUT2D eigenvalue weighted by molar-refractivity contribution is 9.10. The lowest BCUT2D eigenvalue weighted by Gasteiger charge is -2.14. The Morgan fingerprint density at radius 3 is 2.72 bits per heavy atom. The van der Waals surface area contributed by atoms with Crippen LogP contribution in [0.2, 0.25) is 0 Å². The van der Waals surface area contributed by atoms with E-state index in [2.05, 4.69) is 20.7 Å². The number of halogens is 1. The van der Waals surface area contributed by atoms with Gasteiger partial charge in [-0.15, -0.1) is 0 Å². The summed E-state index contributed by atoms with van der Waals surface area (Å²) in [5, 5.41) is 0. The fraction of sp³-hybridized carbons (Fsp3) is 0.500. The van der Waals surface area contributed by atoms with Crippen LogP contribution in [0.1, 0.15) is 26.2 Å². The Labute approximate surface area is 116 Å². The van der Waals surface area contributed by atoms with E-state index in [1.165, 1.54) is 25.0 Å². The number of nitrogen functional groups attached to an aromatic ring is 1. The van der Waals surface area contributed by atoms with Crippen LogP contribution < -0.4 is 10.5 Å². The summed E-state index contributed by atoms with van der Waals surface area (Å²) >= 11 is 3.24. The van der Waals surface area contributed by atoms with Crippen molar-refractivity contribution in [3.8, 4) is 0 Å². The van der Waals surface area contributed by atoms with Gasteiger partial charge in [-0.05, 0) is 53.4 Å². The molecule has 1 aliphatic carbocycles. The quantitative estimate of drug-likeness (QED) is 0.813. The van der Waals surface area contributed by atoms with E-state index in [4.69, 9.17) is 5.73 Å². The molecule has 1 aliphatic rings. The van der Waals surface area contributed by atoms with Crippen LogP contribution >= 0.6 is 15.9 Å². The van der Waals surface area contributed by atoms with Gasteiger partial charge in [0.25, 0.3) is 0 Å². The lowest BCUT2D eigenvalue weighted by Crippen LogP contribution is -2.32. The summed E-state index contributed by atoms with van der Waals surface area (Å²) in [6.07, 6.45) is 3.36. The van der Waals surface area contributed by atoms with Crippen molar-refractivity contribution in [2.45, 2.75) is 37.1 Å². The van der Waals surface area contributed by atoms with Crippen molar-refractivity contribution in [2.24, 2.45) is 5.92 Å². The molecule has 0 saturated heterocycles. The van der Waals surface area contributed by atoms with E-state index in [0.29, 0.717) is 16.1 Å². The third-order valence-electron chi connectivity index (χ3n) is 3.02. The van der Waals surface area contributed by atoms with Gasteiger partial charge >= 0.3 is 0 Å². The second kappa shape index (κ2) is 5.19. The van der Waals surface area contributed by atoms with Crippen molar-refractivity contribution >= 4 is 31.6 Å². The molecule has 0 amide bonds. The van der Waals surface area contributed by atoms with Gasteiger partial charge in [0.1, 0.15) is 0 Å². The topological polar surface area (TPSA) is 72.2 Å². The molecule has 3 N–H and O–H groups in total. The first-order chi connectivity index (χ1) is 8.38. The minimum atomic E-state index is -3.45. The largest absolute Gasteiger partial charge is 0.398 e. The van der Waals surface area contributed by atoms with Crippen molar-refractivity contribution < 1.29 is 8.42 Å². The minimum Gasteiger partial charge on any atom is -0.398 e. The minimum absolute atomic E-state index is 0.0289. The average Bonchev–Trinajstić information content (AvgIpc) is 3.04. The fourth-order valence-electron chi connectivity index (χ4n) is 1.91. The van der Waals surface area contributed by atoms with Crippen molar-refractivity contribution in [3.05, 3.63) is 22.7 Å². The molecule has 0 radical (unpaired) electrons. The number of benzene rings is 1. The van der Waals surface area contributed by atoms with Gasteiger partial charge < -0.3 is 5.73 Å². The van der Waals surface area contributed by atoms with E-state index in [-0.39, 0.29) is 10.9 Å². The SMILES string of the molecule is CC(CC1CC1)NS(=O)(=O)c1ccc(N)c(Br)c1. The zero-order valence-electron chi connectivity index (χ0n) is 10.2. The first kappa shape index (κ1) is 13.8. The van der Waals surface area contributed by atoms with Crippen molar-refractivity contribution in [1.29, 1.82) is 0 Å². The monoisotopic (exact) mass is 332 g/mol. The lowest BCUT2D eigenvalue weighted by molar-refractivity contribution is 0.530. The maximum Gasteiger partial charge on any atom is 0.240 e. The molecule has 100 valence electrons. The van der Waals surface area contributed by atoms with Crippen LogP contribution in [0.15, 0.2) is 27.6 Å². The number of hydrogen-bond acceptors (Lipinski definition) is 3. The molecular weight excluding hydrogens is 316 g/mol. The second-order valence-electron chi connectivity index (χ2n) is 4.88. The van der Waals surface area contributed by atoms with Crippen LogP contribution in [0, 0.1) is 5.92 Å². The van der Waals surface area contributed by atoms with Crippen LogP contribution in [0.4, 0.5) is 5.69 Å². The van der Waals surface area contributed by atoms with E-state index in [9.17, 15) is 8.42 Å². The molecule has 0 heterocycles. The molecule has 0 spiro atoms. The maximum atomic E-state index is 12.1. The van der Waals surface area contributed by atoms with Crippen molar-refractivity contribution in [2.75, 3.05) is 5.73 Å². The van der Waals surface area contributed by atoms with E-state index >= 15 is 0 Å². The Bertz CT molecular complexity index is 541. The summed E-state index contributed by atoms with van der Waals surface area (Å²) < 4.78 is 27.6. The first-order valence-electron chi connectivity index (χ1n) is 5.96. The number of hydrogen-bond donors (Lipinski definition) is 2. The first-order valence-corrected chi connectivity index (χ1v) is 8.23. The summed E-state index contributed by atoms with van der Waals surface area (Å²) in [7, 11) is -3.45. The van der Waals surface area contributed by atoms with E-state index in [1.807, 2.05) is 6.92 Å². The molecule has 0 aromatic heterocycles. The molecule has 1 aromatic rings. The Morgan fingerprint density at radius 2 is 2.17 bits per heavy atom. The van der Waals surface area contributed by atoms with E-state index < -0.39 is 10.0 Å². The average molecular weight is 333 g/mol. The predicted octanol–water partition coefficient (Wildman–Crippen LogP) is 2.50. The molecule has 1 fully saturated rings. The van der Waals surface area contributed by atoms with Crippen LogP contribution in [-0.4, -0.2) is 14.5 Å². The number of nitrogens with two attached hydrogens (primary N) is 1. The standard InChI is InChI=1S/C12H17BrN2O2S/c1-8(6-9-2-3-9)15-18(16,17)10-4-5-12(14)11(13)7-10/h4-5,7-9,15H,2-3,6,14H2,1H3. The molecule has 1 aromatic carbocycles. The second-order valence-corrected chi connectivity index (χ2v) is 7.45. The normalized spacial score (nSPS) is 17.7. The van der Waals surface area contributed by atoms with Crippen molar-refractivity contribution in [3.63, 3.8) is 0 Å². The zero-order valence-corrected chi connectivity index (χ0v) is 12.6. The van der Waals surface area contributed by atoms with Crippen LogP contribution in [0.5, 0.6) is 0 Å². The van der Waals surface area contributed by atoms with Crippen LogP contribution in [0.25, 0.3) is 0 Å². The highest BCUT2D eigenvalue weighted by atomic mass is 79.9. The third kappa shape index (κ3) is 3.46. The molecule has 0 bridgehead atoms. The van der Waals surface area contributed by atoms with Gasteiger partial charge in [-0.3, -0.25) is 0 Å². The van der Waals surface area contributed by atoms with Gasteiger partial charge in [0.15, 0.2) is 0 Å². The Hall–Kier alpha value is -0.590. The Balaban J connectivity index is 2.11. The van der Waals surface area contributed by atoms with Gasteiger partial charge in [0.05, 0.1) is 4.90 Å². The number of nitrogens with one attached hydrogen (secondary N) is 1. The molecule has 1 saturated carbocycles. The van der Waals surface area contributed by atoms with E-state index in [0.717, 1.165) is 6.42 Å². The third-order valence-corrected chi connectivity index (χ3v) is 5.30. The number of sulfonamides is 1. The summed E-state index contributed by atoms with van der Waals surface area (Å²) in [6, 6.07) is 4.61. The predicted molar refractivity (Wildman–Crippen MR) is 75.7 cm³/mol. The summed E-state index contributed by atoms with van der Waals surface area (Å²) in [6.45, 7) is 1.90. The van der Waals surface area contributed by atoms with Gasteiger partial charge in [-0.25, -0.2) is 13.1 Å². The van der Waals surface area contributed by atoms with E-state index in [1.54, 1.807) is 6.07 Å². The lowest BCUT2D eigenvalue weighted by atomic mass is 10.2. The number of rotatable bonds is 5. The highest BCUT2D eigenvalue weighted by Crippen LogP contribution is 2.33. The van der Waals surface area contributed by atoms with Gasteiger partial charge in [0.2, 0.25) is 10.0 Å². The fourth-order valence-corrected chi connectivity index (χ4v) is 3.72. The summed E-state index contributed by atoms with van der Waals surface area (Å²) in [5.74, 6) is 0.695. The maximum absolute atomic E-state index is 12.1. The summed E-state index contributed by atoms with van der Waals surface area (Å²) in [5.41, 5.74) is 6.17. The van der Waals surface area contributed by atoms with Crippen LogP contribution in [-0.2, 0) is 10.0 Å². The number of anilines is 1. The molecule has 18 heavy (non-hydrogen) atoms. The highest BCUT2D eigenvalue weighted by Gasteiger charge is 2.26. The molecule has 1 unspecified atom stereocenters. The summed E-state index contributed by atoms with van der Waals surface area (Å²) in [4.78, 5) is 0.242. The molecule has 6 heteroatoms. The molecule has 0 aliphatic heterocycles. The van der Waals surface area contributed by atoms with Crippen LogP contribution in [0.3, 0.4) is 0 Å².